The van der Waals surface area contributed by atoms with Crippen molar-refractivity contribution in [3.63, 3.8) is 0 Å². The number of hydrogen-bond donors (Lipinski definition) is 1. The standard InChI is InChI=1S/C22H30N2O4S2/c1-5-28-17-10-8-16(9-11-17)15-18-20(27)23(21(29)30-18)12-6-7-19(26)24(13-14-25)22(2,3)4/h8-11,15,25H,5-7,12-14H2,1-4H3/b18-15-. The third-order valence-corrected chi connectivity index (χ3v) is 5.95. The van der Waals surface area contributed by atoms with Gasteiger partial charge in [-0.25, -0.2) is 0 Å². The van der Waals surface area contributed by atoms with Gasteiger partial charge in [0.05, 0.1) is 18.1 Å². The van der Waals surface area contributed by atoms with Crippen molar-refractivity contribution < 1.29 is 19.4 Å². The lowest BCUT2D eigenvalue weighted by Gasteiger charge is -2.35. The van der Waals surface area contributed by atoms with Gasteiger partial charge < -0.3 is 14.7 Å². The summed E-state index contributed by atoms with van der Waals surface area (Å²) in [5.41, 5.74) is 0.543. The quantitative estimate of drug-likeness (QED) is 0.457. The summed E-state index contributed by atoms with van der Waals surface area (Å²) in [5, 5.41) is 9.23. The van der Waals surface area contributed by atoms with Crippen molar-refractivity contribution >= 4 is 46.2 Å². The number of hydrogen-bond acceptors (Lipinski definition) is 6. The third-order valence-electron chi connectivity index (χ3n) is 4.57. The minimum Gasteiger partial charge on any atom is -0.494 e. The van der Waals surface area contributed by atoms with E-state index in [2.05, 4.69) is 0 Å². The second-order valence-corrected chi connectivity index (χ2v) is 9.55. The van der Waals surface area contributed by atoms with Crippen LogP contribution in [0.4, 0.5) is 0 Å². The zero-order valence-electron chi connectivity index (χ0n) is 18.0. The first kappa shape index (κ1) is 24.4. The van der Waals surface area contributed by atoms with Gasteiger partial charge in [0.1, 0.15) is 10.1 Å². The molecule has 1 saturated heterocycles. The van der Waals surface area contributed by atoms with Crippen LogP contribution in [0.1, 0.15) is 46.1 Å². The van der Waals surface area contributed by atoms with Gasteiger partial charge in [-0.1, -0.05) is 36.1 Å². The average Bonchev–Trinajstić information content (AvgIpc) is 2.94. The second-order valence-electron chi connectivity index (χ2n) is 7.88. The molecule has 1 aromatic carbocycles. The molecular formula is C22H30N2O4S2. The first-order valence-corrected chi connectivity index (χ1v) is 11.3. The largest absolute Gasteiger partial charge is 0.494 e. The molecule has 2 amide bonds. The number of β-amino-alcohol motifs (C(OH)–C–C–N with tert-alkyl or cyclic N) is 1. The Kier molecular flexibility index (Phi) is 8.88. The fourth-order valence-corrected chi connectivity index (χ4v) is 4.44. The monoisotopic (exact) mass is 450 g/mol. The molecule has 1 aliphatic rings. The molecule has 0 radical (unpaired) electrons. The lowest BCUT2D eigenvalue weighted by atomic mass is 10.0. The zero-order valence-corrected chi connectivity index (χ0v) is 19.6. The molecule has 0 aliphatic carbocycles. The Morgan fingerprint density at radius 1 is 1.30 bits per heavy atom. The van der Waals surface area contributed by atoms with Crippen LogP contribution in [0.25, 0.3) is 6.08 Å². The number of thiocarbonyl (C=S) groups is 1. The van der Waals surface area contributed by atoms with Gasteiger partial charge in [-0.05, 0) is 57.9 Å². The number of thioether (sulfide) groups is 1. The Labute approximate surface area is 188 Å². The maximum absolute atomic E-state index is 12.8. The molecule has 0 spiro atoms. The van der Waals surface area contributed by atoms with Crippen LogP contribution in [0.5, 0.6) is 5.75 Å². The average molecular weight is 451 g/mol. The molecule has 164 valence electrons. The summed E-state index contributed by atoms with van der Waals surface area (Å²) >= 11 is 6.65. The molecule has 1 N–H and O–H groups in total. The summed E-state index contributed by atoms with van der Waals surface area (Å²) in [6.45, 7) is 8.97. The van der Waals surface area contributed by atoms with Crippen molar-refractivity contribution in [3.05, 3.63) is 34.7 Å². The van der Waals surface area contributed by atoms with Crippen LogP contribution < -0.4 is 4.74 Å². The van der Waals surface area contributed by atoms with Crippen LogP contribution in [0.2, 0.25) is 0 Å². The van der Waals surface area contributed by atoms with Crippen molar-refractivity contribution in [3.8, 4) is 5.75 Å². The maximum atomic E-state index is 12.8. The van der Waals surface area contributed by atoms with Gasteiger partial charge in [0.15, 0.2) is 0 Å². The van der Waals surface area contributed by atoms with Gasteiger partial charge >= 0.3 is 0 Å². The van der Waals surface area contributed by atoms with Crippen molar-refractivity contribution in [2.45, 2.75) is 46.1 Å². The minimum atomic E-state index is -0.359. The Bertz CT molecular complexity index is 800. The molecule has 0 aromatic heterocycles. The third kappa shape index (κ3) is 6.55. The summed E-state index contributed by atoms with van der Waals surface area (Å²) < 4.78 is 5.94. The van der Waals surface area contributed by atoms with E-state index in [0.29, 0.717) is 41.8 Å². The summed E-state index contributed by atoms with van der Waals surface area (Å²) in [6.07, 6.45) is 2.63. The van der Waals surface area contributed by atoms with Gasteiger partial charge in [-0.15, -0.1) is 0 Å². The lowest BCUT2D eigenvalue weighted by Crippen LogP contribution is -2.47. The number of nitrogens with zero attached hydrogens (tertiary/aromatic N) is 2. The molecule has 1 fully saturated rings. The van der Waals surface area contributed by atoms with Crippen LogP contribution in [-0.4, -0.2) is 62.9 Å². The minimum absolute atomic E-state index is 0.0353. The molecule has 0 unspecified atom stereocenters. The summed E-state index contributed by atoms with van der Waals surface area (Å²) in [5.74, 6) is 0.624. The van der Waals surface area contributed by atoms with Crippen LogP contribution in [0.3, 0.4) is 0 Å². The number of benzene rings is 1. The first-order valence-electron chi connectivity index (χ1n) is 10.1. The van der Waals surface area contributed by atoms with Gasteiger partial charge in [-0.3, -0.25) is 14.5 Å². The van der Waals surface area contributed by atoms with Crippen LogP contribution in [-0.2, 0) is 9.59 Å². The number of amides is 2. The number of aliphatic hydroxyl groups excluding tert-OH is 1. The SMILES string of the molecule is CCOc1ccc(/C=C2\SC(=S)N(CCCC(=O)N(CCO)C(C)(C)C)C2=O)cc1. The first-order chi connectivity index (χ1) is 14.2. The number of carbonyl (C=O) groups is 2. The van der Waals surface area contributed by atoms with E-state index in [0.717, 1.165) is 11.3 Å². The topological polar surface area (TPSA) is 70.1 Å². The number of aliphatic hydroxyl groups is 1. The van der Waals surface area contributed by atoms with Crippen LogP contribution in [0.15, 0.2) is 29.2 Å². The van der Waals surface area contributed by atoms with Crippen molar-refractivity contribution in [2.24, 2.45) is 0 Å². The van der Waals surface area contributed by atoms with E-state index in [4.69, 9.17) is 17.0 Å². The number of carbonyl (C=O) groups excluding carboxylic acids is 2. The van der Waals surface area contributed by atoms with E-state index < -0.39 is 0 Å². The highest BCUT2D eigenvalue weighted by atomic mass is 32.2. The molecule has 6 nitrogen and oxygen atoms in total. The van der Waals surface area contributed by atoms with E-state index >= 15 is 0 Å². The fourth-order valence-electron chi connectivity index (χ4n) is 3.13. The highest BCUT2D eigenvalue weighted by molar-refractivity contribution is 8.26. The Hall–Kier alpha value is -1.90. The zero-order chi connectivity index (χ0) is 22.3. The van der Waals surface area contributed by atoms with Gasteiger partial charge in [-0.2, -0.15) is 0 Å². The second kappa shape index (κ2) is 10.9. The smallest absolute Gasteiger partial charge is 0.266 e. The Balaban J connectivity index is 1.95. The maximum Gasteiger partial charge on any atom is 0.266 e. The van der Waals surface area contributed by atoms with E-state index in [1.54, 1.807) is 9.80 Å². The lowest BCUT2D eigenvalue weighted by molar-refractivity contribution is -0.137. The predicted molar refractivity (Wildman–Crippen MR) is 125 cm³/mol. The molecule has 30 heavy (non-hydrogen) atoms. The highest BCUT2D eigenvalue weighted by Gasteiger charge is 2.32. The van der Waals surface area contributed by atoms with E-state index in [9.17, 15) is 14.7 Å². The van der Waals surface area contributed by atoms with Gasteiger partial charge in [0.25, 0.3) is 5.91 Å². The van der Waals surface area contributed by atoms with Crippen molar-refractivity contribution in [1.29, 1.82) is 0 Å². The molecule has 0 atom stereocenters. The molecule has 0 saturated carbocycles. The number of rotatable bonds is 9. The molecular weight excluding hydrogens is 420 g/mol. The molecule has 1 heterocycles. The normalized spacial score (nSPS) is 15.8. The molecule has 8 heteroatoms. The molecule has 2 rings (SSSR count). The van der Waals surface area contributed by atoms with Crippen molar-refractivity contribution in [2.75, 3.05) is 26.3 Å². The van der Waals surface area contributed by atoms with Gasteiger partial charge in [0, 0.05) is 25.0 Å². The van der Waals surface area contributed by atoms with Crippen LogP contribution >= 0.6 is 24.0 Å². The molecule has 0 bridgehead atoms. The van der Waals surface area contributed by atoms with E-state index in [-0.39, 0.29) is 24.0 Å². The Morgan fingerprint density at radius 3 is 2.53 bits per heavy atom. The fraction of sp³-hybridized carbons (Fsp3) is 0.500. The van der Waals surface area contributed by atoms with E-state index in [1.165, 1.54) is 11.8 Å². The van der Waals surface area contributed by atoms with Crippen molar-refractivity contribution in [1.82, 2.24) is 9.80 Å². The van der Waals surface area contributed by atoms with Crippen LogP contribution in [0, 0.1) is 0 Å². The number of ether oxygens (including phenoxy) is 1. The molecule has 1 aromatic rings. The van der Waals surface area contributed by atoms with E-state index in [1.807, 2.05) is 58.0 Å². The van der Waals surface area contributed by atoms with Gasteiger partial charge in [0.2, 0.25) is 5.91 Å². The predicted octanol–water partition coefficient (Wildman–Crippen LogP) is 3.69. The summed E-state index contributed by atoms with van der Waals surface area (Å²) in [4.78, 5) is 29.1. The summed E-state index contributed by atoms with van der Waals surface area (Å²) in [6, 6.07) is 7.54. The Morgan fingerprint density at radius 2 is 1.97 bits per heavy atom. The summed E-state index contributed by atoms with van der Waals surface area (Å²) in [7, 11) is 0. The highest BCUT2D eigenvalue weighted by Crippen LogP contribution is 2.33. The molecule has 1 aliphatic heterocycles.